The van der Waals surface area contributed by atoms with Gasteiger partial charge in [-0.05, 0) is 42.3 Å². The van der Waals surface area contributed by atoms with E-state index in [0.717, 1.165) is 23.0 Å². The van der Waals surface area contributed by atoms with E-state index in [1.807, 2.05) is 34.9 Å². The summed E-state index contributed by atoms with van der Waals surface area (Å²) < 4.78 is 7.81. The Labute approximate surface area is 168 Å². The van der Waals surface area contributed by atoms with Crippen LogP contribution < -0.4 is 0 Å². The average Bonchev–Trinajstić information content (AvgIpc) is 3.26. The molecular weight excluding hydrogens is 374 g/mol. The van der Waals surface area contributed by atoms with Crippen LogP contribution in [0.25, 0.3) is 22.5 Å². The van der Waals surface area contributed by atoms with Crippen LogP contribution in [0.3, 0.4) is 0 Å². The Hall–Kier alpha value is -2.92. The number of rotatable bonds is 6. The van der Waals surface area contributed by atoms with E-state index >= 15 is 0 Å². The smallest absolute Gasteiger partial charge is 0.264 e. The lowest BCUT2D eigenvalue weighted by Crippen LogP contribution is -2.11. The topological polar surface area (TPSA) is 60.9 Å². The fraction of sp³-hybridized carbons (Fsp3) is 0.227. The van der Waals surface area contributed by atoms with Crippen LogP contribution >= 0.6 is 11.6 Å². The lowest BCUT2D eigenvalue weighted by molar-refractivity contribution is 0.0974. The van der Waals surface area contributed by atoms with Gasteiger partial charge in [-0.3, -0.25) is 4.79 Å². The molecule has 0 atom stereocenters. The van der Waals surface area contributed by atoms with Gasteiger partial charge >= 0.3 is 0 Å². The summed E-state index contributed by atoms with van der Waals surface area (Å²) in [6.45, 7) is 4.38. The lowest BCUT2D eigenvalue weighted by Gasteiger charge is -2.08. The molecule has 5 nitrogen and oxygen atoms in total. The highest BCUT2D eigenvalue weighted by Gasteiger charge is 2.19. The van der Waals surface area contributed by atoms with E-state index in [1.165, 1.54) is 0 Å². The number of aromatic nitrogens is 3. The maximum atomic E-state index is 12.9. The molecule has 142 valence electrons. The molecule has 2 aromatic heterocycles. The molecule has 0 amide bonds. The van der Waals surface area contributed by atoms with Crippen LogP contribution in [0.4, 0.5) is 0 Å². The molecule has 0 unspecified atom stereocenters. The van der Waals surface area contributed by atoms with Crippen molar-refractivity contribution < 1.29 is 9.21 Å². The Balaban J connectivity index is 1.74. The summed E-state index contributed by atoms with van der Waals surface area (Å²) in [6, 6.07) is 16.8. The second-order valence-electron chi connectivity index (χ2n) is 7.20. The van der Waals surface area contributed by atoms with Crippen LogP contribution in [-0.4, -0.2) is 20.5 Å². The lowest BCUT2D eigenvalue weighted by atomic mass is 10.1. The van der Waals surface area contributed by atoms with Crippen LogP contribution in [0.2, 0.25) is 5.02 Å². The summed E-state index contributed by atoms with van der Waals surface area (Å²) in [6.07, 6.45) is 0.719. The maximum Gasteiger partial charge on any atom is 0.264 e. The molecule has 0 saturated carbocycles. The van der Waals surface area contributed by atoms with Crippen molar-refractivity contribution in [2.45, 2.75) is 26.8 Å². The molecule has 0 aliphatic rings. The molecule has 4 aromatic rings. The highest BCUT2D eigenvalue weighted by Crippen LogP contribution is 2.28. The van der Waals surface area contributed by atoms with Crippen LogP contribution in [0.15, 0.2) is 59.0 Å². The number of Topliss-reactive ketones (excluding diaryl/α,β-unsaturated/α-hetero) is 1. The quantitative estimate of drug-likeness (QED) is 0.410. The predicted molar refractivity (Wildman–Crippen MR) is 110 cm³/mol. The number of halogens is 1. The zero-order chi connectivity index (χ0) is 19.7. The number of hydrogen-bond acceptors (Lipinski definition) is 4. The zero-order valence-corrected chi connectivity index (χ0v) is 16.5. The van der Waals surface area contributed by atoms with Crippen molar-refractivity contribution in [2.24, 2.45) is 5.92 Å². The molecule has 28 heavy (non-hydrogen) atoms. The number of ketones is 1. The van der Waals surface area contributed by atoms with Gasteiger partial charge in [0.05, 0.1) is 6.54 Å². The number of para-hydroxylation sites is 1. The summed E-state index contributed by atoms with van der Waals surface area (Å²) in [5.74, 6) is 1.44. The van der Waals surface area contributed by atoms with E-state index in [0.29, 0.717) is 28.3 Å². The number of nitrogens with zero attached hydrogens (tertiary/aromatic N) is 3. The van der Waals surface area contributed by atoms with Crippen molar-refractivity contribution in [1.82, 2.24) is 14.8 Å². The SMILES string of the molecule is CC(C)Cc1nnc(-c2cc3ccccc3n2CC(=O)c2ccc(Cl)cc2)o1. The molecule has 0 spiro atoms. The van der Waals surface area contributed by atoms with Crippen LogP contribution in [0.5, 0.6) is 0 Å². The average molecular weight is 394 g/mol. The molecule has 2 heterocycles. The van der Waals surface area contributed by atoms with E-state index in [-0.39, 0.29) is 12.3 Å². The van der Waals surface area contributed by atoms with Gasteiger partial charge in [0.1, 0.15) is 5.69 Å². The van der Waals surface area contributed by atoms with Gasteiger partial charge in [0.25, 0.3) is 5.89 Å². The molecule has 0 aliphatic heterocycles. The normalized spacial score (nSPS) is 11.4. The number of carbonyl (C=O) groups is 1. The number of benzene rings is 2. The van der Waals surface area contributed by atoms with Crippen molar-refractivity contribution in [2.75, 3.05) is 0 Å². The molecule has 0 saturated heterocycles. The van der Waals surface area contributed by atoms with Crippen molar-refractivity contribution >= 4 is 28.3 Å². The second-order valence-corrected chi connectivity index (χ2v) is 7.64. The van der Waals surface area contributed by atoms with E-state index in [1.54, 1.807) is 24.3 Å². The molecule has 4 rings (SSSR count). The Kier molecular flexibility index (Phi) is 5.01. The van der Waals surface area contributed by atoms with Crippen molar-refractivity contribution in [3.8, 4) is 11.6 Å². The third-order valence-electron chi connectivity index (χ3n) is 4.55. The number of carbonyl (C=O) groups excluding carboxylic acids is 1. The van der Waals surface area contributed by atoms with Gasteiger partial charge < -0.3 is 8.98 Å². The van der Waals surface area contributed by atoms with E-state index in [2.05, 4.69) is 24.0 Å². The molecule has 0 radical (unpaired) electrons. The van der Waals surface area contributed by atoms with E-state index < -0.39 is 0 Å². The van der Waals surface area contributed by atoms with Gasteiger partial charge in [0.15, 0.2) is 5.78 Å². The van der Waals surface area contributed by atoms with Crippen LogP contribution in [0, 0.1) is 5.92 Å². The monoisotopic (exact) mass is 393 g/mol. The third kappa shape index (κ3) is 3.71. The molecule has 0 aliphatic carbocycles. The first-order chi connectivity index (χ1) is 13.5. The number of fused-ring (bicyclic) bond motifs is 1. The summed E-state index contributed by atoms with van der Waals surface area (Å²) in [4.78, 5) is 12.9. The van der Waals surface area contributed by atoms with Gasteiger partial charge in [-0.1, -0.05) is 43.6 Å². The van der Waals surface area contributed by atoms with E-state index in [4.69, 9.17) is 16.0 Å². The van der Waals surface area contributed by atoms with Crippen molar-refractivity contribution in [3.63, 3.8) is 0 Å². The molecule has 0 fully saturated rings. The van der Waals surface area contributed by atoms with Crippen LogP contribution in [0.1, 0.15) is 30.1 Å². The minimum Gasteiger partial charge on any atom is -0.419 e. The first-order valence-corrected chi connectivity index (χ1v) is 9.59. The minimum absolute atomic E-state index is 0.0128. The maximum absolute atomic E-state index is 12.9. The zero-order valence-electron chi connectivity index (χ0n) is 15.7. The Bertz CT molecular complexity index is 1130. The molecule has 2 aromatic carbocycles. The Morgan fingerprint density at radius 1 is 1.11 bits per heavy atom. The highest BCUT2D eigenvalue weighted by molar-refractivity contribution is 6.30. The fourth-order valence-corrected chi connectivity index (χ4v) is 3.34. The van der Waals surface area contributed by atoms with Gasteiger partial charge in [0.2, 0.25) is 5.89 Å². The first kappa shape index (κ1) is 18.4. The van der Waals surface area contributed by atoms with E-state index in [9.17, 15) is 4.79 Å². The summed E-state index contributed by atoms with van der Waals surface area (Å²) in [5, 5.41) is 10.0. The van der Waals surface area contributed by atoms with Gasteiger partial charge in [-0.25, -0.2) is 0 Å². The van der Waals surface area contributed by atoms with Crippen molar-refractivity contribution in [1.29, 1.82) is 0 Å². The Morgan fingerprint density at radius 3 is 2.61 bits per heavy atom. The van der Waals surface area contributed by atoms with Crippen LogP contribution in [-0.2, 0) is 13.0 Å². The van der Waals surface area contributed by atoms with Crippen molar-refractivity contribution in [3.05, 3.63) is 71.1 Å². The van der Waals surface area contributed by atoms with Gasteiger partial charge in [-0.15, -0.1) is 10.2 Å². The molecular formula is C22H20ClN3O2. The molecule has 6 heteroatoms. The molecule has 0 bridgehead atoms. The second kappa shape index (κ2) is 7.60. The fourth-order valence-electron chi connectivity index (χ4n) is 3.22. The first-order valence-electron chi connectivity index (χ1n) is 9.21. The Morgan fingerprint density at radius 2 is 1.86 bits per heavy atom. The summed E-state index contributed by atoms with van der Waals surface area (Å²) in [5.41, 5.74) is 2.30. The predicted octanol–water partition coefficient (Wildman–Crippen LogP) is 5.43. The largest absolute Gasteiger partial charge is 0.419 e. The summed E-state index contributed by atoms with van der Waals surface area (Å²) in [7, 11) is 0. The highest BCUT2D eigenvalue weighted by atomic mass is 35.5. The molecule has 0 N–H and O–H groups in total. The standard InChI is InChI=1S/C22H20ClN3O2/c1-14(2)11-21-24-25-22(28-21)19-12-16-5-3-4-6-18(16)26(19)13-20(27)15-7-9-17(23)10-8-15/h3-10,12,14H,11,13H2,1-2H3. The summed E-state index contributed by atoms with van der Waals surface area (Å²) >= 11 is 5.94. The number of hydrogen-bond donors (Lipinski definition) is 0. The third-order valence-corrected chi connectivity index (χ3v) is 4.80. The van der Waals surface area contributed by atoms with Gasteiger partial charge in [-0.2, -0.15) is 0 Å². The minimum atomic E-state index is -0.0128. The van der Waals surface area contributed by atoms with Gasteiger partial charge in [0, 0.05) is 27.9 Å².